The molecule has 2 fully saturated rings. The summed E-state index contributed by atoms with van der Waals surface area (Å²) in [6.45, 7) is 13.6. The minimum Gasteiger partial charge on any atom is -0.444 e. The molecule has 2 aromatic carbocycles. The Balaban J connectivity index is 0.000000209. The van der Waals surface area contributed by atoms with Gasteiger partial charge in [-0.05, 0) is 104 Å². The van der Waals surface area contributed by atoms with E-state index in [9.17, 15) is 29.8 Å². The second-order valence-electron chi connectivity index (χ2n) is 15.5. The van der Waals surface area contributed by atoms with E-state index in [4.69, 9.17) is 26.8 Å². The number of pyridine rings is 2. The number of nitrogens with one attached hydrogen (secondary N) is 1. The van der Waals surface area contributed by atoms with Gasteiger partial charge in [0.2, 0.25) is 0 Å². The molecule has 4 heterocycles. The van der Waals surface area contributed by atoms with Gasteiger partial charge in [0.1, 0.15) is 34.3 Å². The van der Waals surface area contributed by atoms with Crippen LogP contribution in [0.4, 0.5) is 26.7 Å². The van der Waals surface area contributed by atoms with E-state index in [-0.39, 0.29) is 40.7 Å². The number of hydrogen-bond acceptors (Lipinski definition) is 12. The maximum atomic E-state index is 12.2. The van der Waals surface area contributed by atoms with Gasteiger partial charge in [0.25, 0.3) is 0 Å². The number of fused-ring (bicyclic) bond motifs is 2. The lowest BCUT2D eigenvalue weighted by Crippen LogP contribution is -2.44. The zero-order chi connectivity index (χ0) is 42.2. The summed E-state index contributed by atoms with van der Waals surface area (Å²) in [5, 5.41) is 26.8. The molecule has 0 bridgehead atoms. The first-order valence-corrected chi connectivity index (χ1v) is 20.2. The Kier molecular flexibility index (Phi) is 15.4. The molecule has 16 nitrogen and oxygen atoms in total. The van der Waals surface area contributed by atoms with Crippen LogP contribution in [-0.4, -0.2) is 91.3 Å². The van der Waals surface area contributed by atoms with Crippen molar-refractivity contribution in [3.8, 4) is 0 Å². The molecule has 0 saturated carbocycles. The Morgan fingerprint density at radius 3 is 1.65 bits per heavy atom. The molecular weight excluding hydrogens is 892 g/mol. The highest BCUT2D eigenvalue weighted by Crippen LogP contribution is 2.35. The number of nitrogens with two attached hydrogens (primary N) is 1. The van der Waals surface area contributed by atoms with Crippen molar-refractivity contribution in [1.82, 2.24) is 19.8 Å². The van der Waals surface area contributed by atoms with Gasteiger partial charge < -0.3 is 30.3 Å². The molecule has 2 aliphatic rings. The molecule has 2 amide bonds. The molecule has 2 saturated heterocycles. The number of ether oxygens (including phenoxy) is 2. The number of nitro groups is 2. The van der Waals surface area contributed by atoms with Gasteiger partial charge in [-0.2, -0.15) is 0 Å². The first kappa shape index (κ1) is 45.3. The van der Waals surface area contributed by atoms with Crippen molar-refractivity contribution in [3.63, 3.8) is 0 Å². The van der Waals surface area contributed by atoms with Crippen molar-refractivity contribution < 1.29 is 28.9 Å². The predicted octanol–water partition coefficient (Wildman–Crippen LogP) is 9.62. The molecule has 0 radical (unpaired) electrons. The highest BCUT2D eigenvalue weighted by molar-refractivity contribution is 9.10. The fourth-order valence-corrected chi connectivity index (χ4v) is 6.83. The highest BCUT2D eigenvalue weighted by Gasteiger charge is 2.29. The van der Waals surface area contributed by atoms with Crippen LogP contribution in [0.5, 0.6) is 0 Å². The number of piperidine rings is 2. The van der Waals surface area contributed by atoms with Crippen LogP contribution >= 0.6 is 43.5 Å². The van der Waals surface area contributed by atoms with E-state index in [2.05, 4.69) is 47.1 Å². The van der Waals surface area contributed by atoms with Crippen LogP contribution in [0.2, 0.25) is 5.02 Å². The van der Waals surface area contributed by atoms with Crippen molar-refractivity contribution in [2.45, 2.75) is 90.5 Å². The summed E-state index contributed by atoms with van der Waals surface area (Å²) in [4.78, 5) is 56.5. The van der Waals surface area contributed by atoms with Crippen LogP contribution in [0.15, 0.2) is 57.7 Å². The maximum Gasteiger partial charge on any atom is 0.410 e. The summed E-state index contributed by atoms with van der Waals surface area (Å²) in [7, 11) is 0. The Hall–Kier alpha value is -4.39. The number of benzene rings is 2. The largest absolute Gasteiger partial charge is 0.444 e. The number of amides is 2. The Labute approximate surface area is 352 Å². The Morgan fingerprint density at radius 1 is 0.772 bits per heavy atom. The number of hydrogen-bond donors (Lipinski definition) is 2. The van der Waals surface area contributed by atoms with Gasteiger partial charge in [0.15, 0.2) is 0 Å². The molecule has 0 spiro atoms. The van der Waals surface area contributed by atoms with Crippen molar-refractivity contribution in [2.24, 2.45) is 5.73 Å². The van der Waals surface area contributed by atoms with Crippen molar-refractivity contribution in [1.29, 1.82) is 0 Å². The number of halogens is 3. The summed E-state index contributed by atoms with van der Waals surface area (Å²) in [5.41, 5.74) is 6.35. The second-order valence-corrected chi connectivity index (χ2v) is 17.7. The topological polar surface area (TPSA) is 209 Å². The number of likely N-dealkylation sites (tertiary alicyclic amines) is 2. The normalized spacial score (nSPS) is 15.2. The van der Waals surface area contributed by atoms with Crippen LogP contribution in [0, 0.1) is 20.2 Å². The quantitative estimate of drug-likeness (QED) is 0.145. The summed E-state index contributed by atoms with van der Waals surface area (Å²) in [5.74, 6) is 0. The van der Waals surface area contributed by atoms with E-state index in [0.29, 0.717) is 53.4 Å². The predicted molar refractivity (Wildman–Crippen MR) is 227 cm³/mol. The number of carbonyl (C=O) groups is 2. The monoisotopic (exact) mass is 936 g/mol. The van der Waals surface area contributed by atoms with Crippen molar-refractivity contribution in [2.75, 3.05) is 31.5 Å². The molecule has 2 aromatic heterocycles. The van der Waals surface area contributed by atoms with Gasteiger partial charge in [-0.3, -0.25) is 20.2 Å². The molecule has 3 N–H and O–H groups in total. The summed E-state index contributed by atoms with van der Waals surface area (Å²) < 4.78 is 12.3. The summed E-state index contributed by atoms with van der Waals surface area (Å²) in [6.07, 6.45) is 5.01. The van der Waals surface area contributed by atoms with Crippen LogP contribution in [-0.2, 0) is 9.47 Å². The smallest absolute Gasteiger partial charge is 0.410 e. The number of carbonyl (C=O) groups excluding carboxylic acids is 2. The van der Waals surface area contributed by atoms with Gasteiger partial charge in [-0.25, -0.2) is 19.6 Å². The third kappa shape index (κ3) is 13.3. The average molecular weight is 939 g/mol. The summed E-state index contributed by atoms with van der Waals surface area (Å²) >= 11 is 12.6. The SMILES string of the molecule is CC(C)(C)OC(=O)N1CCC(N)CC1.CC(C)(C)OC(=O)N1CCC(Nc2c([N+](=O)[O-])cnc3ccc(Br)cc23)CC1.O=[N+]([O-])c1cnc2ccc(Br)cc2c1Cl. The first-order chi connectivity index (χ1) is 26.6. The van der Waals surface area contributed by atoms with E-state index < -0.39 is 21.0 Å². The van der Waals surface area contributed by atoms with Crippen LogP contribution in [0.25, 0.3) is 21.8 Å². The molecule has 0 atom stereocenters. The Bertz CT molecular complexity index is 2100. The lowest BCUT2D eigenvalue weighted by Gasteiger charge is -2.34. The van der Waals surface area contributed by atoms with Gasteiger partial charge in [0, 0.05) is 58.0 Å². The maximum absolute atomic E-state index is 12.2. The van der Waals surface area contributed by atoms with Gasteiger partial charge in [-0.1, -0.05) is 43.5 Å². The second kappa shape index (κ2) is 19.4. The van der Waals surface area contributed by atoms with E-state index in [1.807, 2.05) is 59.7 Å². The molecule has 0 aliphatic carbocycles. The van der Waals surface area contributed by atoms with Gasteiger partial charge >= 0.3 is 23.6 Å². The minimum atomic E-state index is -0.546. The molecule has 6 rings (SSSR count). The van der Waals surface area contributed by atoms with E-state index >= 15 is 0 Å². The molecule has 4 aromatic rings. The third-order valence-electron chi connectivity index (χ3n) is 8.64. The third-order valence-corrected chi connectivity index (χ3v) is 10.0. The van der Waals surface area contributed by atoms with Crippen LogP contribution in [0.3, 0.4) is 0 Å². The van der Waals surface area contributed by atoms with Crippen molar-refractivity contribution in [3.05, 3.63) is 83.0 Å². The number of anilines is 1. The lowest BCUT2D eigenvalue weighted by molar-refractivity contribution is -0.384. The molecule has 0 unspecified atom stereocenters. The molecule has 19 heteroatoms. The van der Waals surface area contributed by atoms with Crippen LogP contribution in [0.1, 0.15) is 67.2 Å². The summed E-state index contributed by atoms with van der Waals surface area (Å²) in [6, 6.07) is 11.0. The highest BCUT2D eigenvalue weighted by atomic mass is 79.9. The van der Waals surface area contributed by atoms with Crippen molar-refractivity contribution >= 4 is 94.5 Å². The zero-order valence-electron chi connectivity index (χ0n) is 32.6. The average Bonchev–Trinajstić information content (AvgIpc) is 3.11. The number of nitrogens with zero attached hydrogens (tertiary/aromatic N) is 6. The van der Waals surface area contributed by atoms with Gasteiger partial charge in [0.05, 0.1) is 20.9 Å². The van der Waals surface area contributed by atoms with E-state index in [1.54, 1.807) is 28.0 Å². The molecular formula is C38H47Br2ClN8O8. The standard InChI is InChI=1S/C19H23BrN4O4.C10H20N2O2.C9H4BrClN2O2/c1-19(2,3)28-18(25)23-8-6-13(7-9-23)22-17-14-10-12(20)4-5-15(14)21-11-16(17)24(26)27;1-10(2,3)14-9(13)12-6-4-8(11)5-7-12;10-5-1-2-7-6(3-5)9(11)8(4-12-7)13(14)15/h4-5,10-11,13H,6-9H2,1-3H3,(H,21,22);8H,4-7,11H2,1-3H3;1-4H. The Morgan fingerprint density at radius 2 is 1.19 bits per heavy atom. The number of rotatable bonds is 4. The lowest BCUT2D eigenvalue weighted by atomic mass is 10.0. The first-order valence-electron chi connectivity index (χ1n) is 18.2. The molecule has 57 heavy (non-hydrogen) atoms. The fourth-order valence-electron chi connectivity index (χ4n) is 5.84. The molecule has 2 aliphatic heterocycles. The minimum absolute atomic E-state index is 0.0157. The van der Waals surface area contributed by atoms with E-state index in [0.717, 1.165) is 34.9 Å². The zero-order valence-corrected chi connectivity index (χ0v) is 36.5. The fraction of sp³-hybridized carbons (Fsp3) is 0.474. The number of aromatic nitrogens is 2. The molecule has 308 valence electrons. The van der Waals surface area contributed by atoms with Crippen LogP contribution < -0.4 is 11.1 Å². The van der Waals surface area contributed by atoms with Gasteiger partial charge in [-0.15, -0.1) is 0 Å². The van der Waals surface area contributed by atoms with E-state index in [1.165, 1.54) is 12.4 Å².